The molecule has 0 heterocycles. The smallest absolute Gasteiger partial charge is 0.233 e. The van der Waals surface area contributed by atoms with Crippen LogP contribution in [0.4, 0.5) is 0 Å². The van der Waals surface area contributed by atoms with E-state index in [0.717, 1.165) is 17.7 Å². The largest absolute Gasteiger partial charge is 0.348 e. The molecule has 138 valence electrons. The van der Waals surface area contributed by atoms with Gasteiger partial charge < -0.3 is 5.32 Å². The molecule has 4 heteroatoms. The number of aryl methyl sites for hydroxylation is 2. The molecule has 0 aliphatic heterocycles. The van der Waals surface area contributed by atoms with Crippen LogP contribution in [0, 0.1) is 0 Å². The molecule has 0 aromatic heterocycles. The molecule has 3 rings (SSSR count). The first kappa shape index (κ1) is 19.3. The SMILES string of the molecule is CC[C@H](NC(=O)[C@@H](C)Sc1ccc(Cl)cc1)c1ccc2c(c1)CCCC2. The van der Waals surface area contributed by atoms with Gasteiger partial charge in [0.05, 0.1) is 11.3 Å². The number of benzene rings is 2. The molecule has 1 N–H and O–H groups in total. The van der Waals surface area contributed by atoms with Crippen molar-refractivity contribution < 1.29 is 4.79 Å². The third-order valence-electron chi connectivity index (χ3n) is 5.00. The standard InChI is InChI=1S/C22H26ClNOS/c1-3-21(18-9-8-16-6-4-5-7-17(16)14-18)24-22(25)15(2)26-20-12-10-19(23)11-13-20/h8-15,21H,3-7H2,1-2H3,(H,24,25)/t15-,21+/m1/s1. The topological polar surface area (TPSA) is 29.1 Å². The van der Waals surface area contributed by atoms with Gasteiger partial charge in [0.2, 0.25) is 5.91 Å². The summed E-state index contributed by atoms with van der Waals surface area (Å²) in [5, 5.41) is 3.80. The summed E-state index contributed by atoms with van der Waals surface area (Å²) < 4.78 is 0. The van der Waals surface area contributed by atoms with Gasteiger partial charge in [0, 0.05) is 9.92 Å². The van der Waals surface area contributed by atoms with Crippen molar-refractivity contribution in [2.75, 3.05) is 0 Å². The van der Waals surface area contributed by atoms with E-state index in [2.05, 4.69) is 30.4 Å². The Balaban J connectivity index is 1.65. The van der Waals surface area contributed by atoms with E-state index in [0.29, 0.717) is 5.02 Å². The number of hydrogen-bond donors (Lipinski definition) is 1. The van der Waals surface area contributed by atoms with Crippen molar-refractivity contribution in [3.8, 4) is 0 Å². The second-order valence-corrected chi connectivity index (χ2v) is 8.77. The van der Waals surface area contributed by atoms with Crippen molar-refractivity contribution in [1.29, 1.82) is 0 Å². The summed E-state index contributed by atoms with van der Waals surface area (Å²) in [4.78, 5) is 13.7. The first-order valence-electron chi connectivity index (χ1n) is 9.41. The van der Waals surface area contributed by atoms with E-state index in [4.69, 9.17) is 11.6 Å². The molecule has 2 nitrogen and oxygen atoms in total. The monoisotopic (exact) mass is 387 g/mol. The molecular formula is C22H26ClNOS. The number of rotatable bonds is 6. The lowest BCUT2D eigenvalue weighted by Gasteiger charge is -2.23. The van der Waals surface area contributed by atoms with Gasteiger partial charge in [-0.25, -0.2) is 0 Å². The molecule has 2 aromatic rings. The molecule has 2 atom stereocenters. The van der Waals surface area contributed by atoms with Crippen LogP contribution in [-0.2, 0) is 17.6 Å². The second kappa shape index (κ2) is 8.96. The van der Waals surface area contributed by atoms with E-state index in [1.54, 1.807) is 11.8 Å². The molecule has 1 aliphatic carbocycles. The summed E-state index contributed by atoms with van der Waals surface area (Å²) in [5.74, 6) is 0.0783. The fourth-order valence-electron chi connectivity index (χ4n) is 3.45. The highest BCUT2D eigenvalue weighted by Crippen LogP contribution is 2.28. The molecule has 0 unspecified atom stereocenters. The third-order valence-corrected chi connectivity index (χ3v) is 6.36. The van der Waals surface area contributed by atoms with Gasteiger partial charge in [-0.05, 0) is 80.0 Å². The lowest BCUT2D eigenvalue weighted by molar-refractivity contribution is -0.121. The van der Waals surface area contributed by atoms with Gasteiger partial charge in [0.1, 0.15) is 0 Å². The quantitative estimate of drug-likeness (QED) is 0.619. The van der Waals surface area contributed by atoms with Crippen LogP contribution >= 0.6 is 23.4 Å². The zero-order valence-electron chi connectivity index (χ0n) is 15.4. The van der Waals surface area contributed by atoms with Crippen molar-refractivity contribution in [2.45, 2.75) is 62.1 Å². The summed E-state index contributed by atoms with van der Waals surface area (Å²) >= 11 is 7.49. The van der Waals surface area contributed by atoms with E-state index >= 15 is 0 Å². The zero-order chi connectivity index (χ0) is 18.5. The first-order valence-corrected chi connectivity index (χ1v) is 10.7. The minimum absolute atomic E-state index is 0.0722. The molecule has 1 amide bonds. The molecule has 0 saturated heterocycles. The van der Waals surface area contributed by atoms with Crippen molar-refractivity contribution in [1.82, 2.24) is 5.32 Å². The molecule has 0 spiro atoms. The average Bonchev–Trinajstić information content (AvgIpc) is 2.67. The van der Waals surface area contributed by atoms with Crippen LogP contribution in [-0.4, -0.2) is 11.2 Å². The maximum Gasteiger partial charge on any atom is 0.233 e. The average molecular weight is 388 g/mol. The van der Waals surface area contributed by atoms with Crippen molar-refractivity contribution >= 4 is 29.3 Å². The molecular weight excluding hydrogens is 362 g/mol. The first-order chi connectivity index (χ1) is 12.6. The predicted molar refractivity (Wildman–Crippen MR) is 111 cm³/mol. The Labute approximate surface area is 165 Å². The number of amides is 1. The van der Waals surface area contributed by atoms with E-state index in [1.807, 2.05) is 31.2 Å². The summed E-state index contributed by atoms with van der Waals surface area (Å²) in [5.41, 5.74) is 4.17. The van der Waals surface area contributed by atoms with E-state index in [1.165, 1.54) is 36.0 Å². The van der Waals surface area contributed by atoms with Crippen molar-refractivity contribution in [3.63, 3.8) is 0 Å². The zero-order valence-corrected chi connectivity index (χ0v) is 17.0. The maximum atomic E-state index is 12.7. The van der Waals surface area contributed by atoms with Crippen LogP contribution < -0.4 is 5.32 Å². The minimum atomic E-state index is -0.150. The summed E-state index contributed by atoms with van der Waals surface area (Å²) in [6.45, 7) is 4.08. The van der Waals surface area contributed by atoms with Gasteiger partial charge in [-0.2, -0.15) is 0 Å². The van der Waals surface area contributed by atoms with Gasteiger partial charge in [-0.1, -0.05) is 36.7 Å². The number of carbonyl (C=O) groups is 1. The number of hydrogen-bond acceptors (Lipinski definition) is 2. The van der Waals surface area contributed by atoms with Gasteiger partial charge in [0.15, 0.2) is 0 Å². The van der Waals surface area contributed by atoms with Crippen LogP contribution in [0.1, 0.15) is 55.8 Å². The van der Waals surface area contributed by atoms with Crippen LogP contribution in [0.5, 0.6) is 0 Å². The van der Waals surface area contributed by atoms with E-state index < -0.39 is 0 Å². The third kappa shape index (κ3) is 4.83. The molecule has 0 fully saturated rings. The summed E-state index contributed by atoms with van der Waals surface area (Å²) in [6, 6.07) is 14.4. The lowest BCUT2D eigenvalue weighted by Crippen LogP contribution is -2.34. The Kier molecular flexibility index (Phi) is 6.66. The lowest BCUT2D eigenvalue weighted by atomic mass is 9.89. The van der Waals surface area contributed by atoms with Gasteiger partial charge in [-0.15, -0.1) is 11.8 Å². The number of fused-ring (bicyclic) bond motifs is 1. The molecule has 0 radical (unpaired) electrons. The Morgan fingerprint density at radius 1 is 1.12 bits per heavy atom. The predicted octanol–water partition coefficient (Wildman–Crippen LogP) is 5.97. The molecule has 26 heavy (non-hydrogen) atoms. The van der Waals surface area contributed by atoms with Gasteiger partial charge in [-0.3, -0.25) is 4.79 Å². The molecule has 2 aromatic carbocycles. The van der Waals surface area contributed by atoms with Crippen LogP contribution in [0.25, 0.3) is 0 Å². The van der Waals surface area contributed by atoms with Crippen LogP contribution in [0.15, 0.2) is 47.4 Å². The van der Waals surface area contributed by atoms with Gasteiger partial charge in [0.25, 0.3) is 0 Å². The van der Waals surface area contributed by atoms with Crippen LogP contribution in [0.2, 0.25) is 5.02 Å². The Morgan fingerprint density at radius 3 is 2.50 bits per heavy atom. The highest BCUT2D eigenvalue weighted by Gasteiger charge is 2.20. The second-order valence-electron chi connectivity index (χ2n) is 6.92. The minimum Gasteiger partial charge on any atom is -0.348 e. The number of carbonyl (C=O) groups excluding carboxylic acids is 1. The number of halogens is 1. The molecule has 0 bridgehead atoms. The molecule has 0 saturated carbocycles. The normalized spacial score (nSPS) is 15.8. The molecule has 1 aliphatic rings. The van der Waals surface area contributed by atoms with Crippen LogP contribution in [0.3, 0.4) is 0 Å². The van der Waals surface area contributed by atoms with Crippen molar-refractivity contribution in [2.24, 2.45) is 0 Å². The number of nitrogens with one attached hydrogen (secondary N) is 1. The Hall–Kier alpha value is -1.45. The van der Waals surface area contributed by atoms with Crippen molar-refractivity contribution in [3.05, 3.63) is 64.2 Å². The fraction of sp³-hybridized carbons (Fsp3) is 0.409. The summed E-state index contributed by atoms with van der Waals surface area (Å²) in [6.07, 6.45) is 5.81. The highest BCUT2D eigenvalue weighted by molar-refractivity contribution is 8.00. The van der Waals surface area contributed by atoms with E-state index in [9.17, 15) is 4.79 Å². The number of thioether (sulfide) groups is 1. The fourth-order valence-corrected chi connectivity index (χ4v) is 4.45. The maximum absolute atomic E-state index is 12.7. The van der Waals surface area contributed by atoms with E-state index in [-0.39, 0.29) is 17.2 Å². The highest BCUT2D eigenvalue weighted by atomic mass is 35.5. The summed E-state index contributed by atoms with van der Waals surface area (Å²) in [7, 11) is 0. The van der Waals surface area contributed by atoms with Gasteiger partial charge >= 0.3 is 0 Å². The Bertz CT molecular complexity index is 759. The Morgan fingerprint density at radius 2 is 1.81 bits per heavy atom.